The minimum atomic E-state index is -0.957. The van der Waals surface area contributed by atoms with Gasteiger partial charge in [-0.25, -0.2) is 14.2 Å². The Hall–Kier alpha value is -3.92. The number of hydrogen-bond donors (Lipinski definition) is 1. The van der Waals surface area contributed by atoms with Gasteiger partial charge in [0.05, 0.1) is 35.8 Å². The van der Waals surface area contributed by atoms with Gasteiger partial charge in [-0.05, 0) is 54.8 Å². The Morgan fingerprint density at radius 3 is 2.79 bits per heavy atom. The molecule has 4 aromatic rings. The van der Waals surface area contributed by atoms with Crippen molar-refractivity contribution in [1.82, 2.24) is 14.5 Å². The van der Waals surface area contributed by atoms with Gasteiger partial charge in [-0.3, -0.25) is 4.90 Å². The van der Waals surface area contributed by atoms with Crippen LogP contribution in [-0.4, -0.2) is 57.9 Å². The molecule has 4 heterocycles. The van der Waals surface area contributed by atoms with Gasteiger partial charge in [0, 0.05) is 35.8 Å². The number of imidazole rings is 1. The van der Waals surface area contributed by atoms with Gasteiger partial charge in [-0.15, -0.1) is 0 Å². The minimum Gasteiger partial charge on any atom is -0.485 e. The third-order valence-electron chi connectivity index (χ3n) is 8.20. The number of hydrogen-bond acceptors (Lipinski definition) is 6. The maximum absolute atomic E-state index is 14.7. The Bertz CT molecular complexity index is 1720. The van der Waals surface area contributed by atoms with Crippen molar-refractivity contribution in [1.29, 1.82) is 0 Å². The lowest BCUT2D eigenvalue weighted by Crippen LogP contribution is -2.33. The van der Waals surface area contributed by atoms with E-state index in [9.17, 15) is 14.3 Å². The number of aromatic carboxylic acids is 1. The van der Waals surface area contributed by atoms with Crippen LogP contribution in [0.25, 0.3) is 16.6 Å². The third-order valence-corrected chi connectivity index (χ3v) is 8.43. The van der Waals surface area contributed by atoms with E-state index in [1.807, 2.05) is 18.2 Å². The van der Waals surface area contributed by atoms with E-state index in [2.05, 4.69) is 15.5 Å². The van der Waals surface area contributed by atoms with Crippen molar-refractivity contribution in [2.24, 2.45) is 0 Å². The lowest BCUT2D eigenvalue weighted by molar-refractivity contribution is -0.0591. The van der Waals surface area contributed by atoms with Crippen LogP contribution in [0.4, 0.5) is 4.39 Å². The predicted molar refractivity (Wildman–Crippen MR) is 156 cm³/mol. The molecule has 3 aliphatic heterocycles. The van der Waals surface area contributed by atoms with Crippen molar-refractivity contribution in [2.45, 2.75) is 38.1 Å². The summed E-state index contributed by atoms with van der Waals surface area (Å²) in [6.07, 6.45) is 3.49. The highest BCUT2D eigenvalue weighted by Crippen LogP contribution is 2.43. The number of para-hydroxylation sites is 1. The normalized spacial score (nSPS) is 20.3. The molecule has 216 valence electrons. The van der Waals surface area contributed by atoms with Gasteiger partial charge in [-0.2, -0.15) is 0 Å². The molecular formula is C32H29ClFN3O5. The molecule has 3 aliphatic rings. The topological polar surface area (TPSA) is 86.0 Å². The molecule has 1 fully saturated rings. The van der Waals surface area contributed by atoms with Crippen LogP contribution in [0.2, 0.25) is 5.02 Å². The molecule has 0 spiro atoms. The number of fused-ring (bicyclic) bond motifs is 2. The van der Waals surface area contributed by atoms with Crippen LogP contribution in [-0.2, 0) is 17.8 Å². The fourth-order valence-corrected chi connectivity index (χ4v) is 5.98. The summed E-state index contributed by atoms with van der Waals surface area (Å²) in [7, 11) is 0. The summed E-state index contributed by atoms with van der Waals surface area (Å²) in [5.74, 6) is 0.788. The lowest BCUT2D eigenvalue weighted by Gasteiger charge is -2.31. The zero-order chi connectivity index (χ0) is 28.8. The molecule has 0 amide bonds. The van der Waals surface area contributed by atoms with Gasteiger partial charge in [0.2, 0.25) is 0 Å². The zero-order valence-electron chi connectivity index (χ0n) is 22.8. The van der Waals surface area contributed by atoms with E-state index in [0.717, 1.165) is 54.0 Å². The number of aromatic nitrogens is 2. The fourth-order valence-electron chi connectivity index (χ4n) is 5.82. The van der Waals surface area contributed by atoms with E-state index in [-0.39, 0.29) is 18.3 Å². The molecule has 7 rings (SSSR count). The lowest BCUT2D eigenvalue weighted by atomic mass is 9.97. The summed E-state index contributed by atoms with van der Waals surface area (Å²) in [4.78, 5) is 18.8. The number of nitrogens with zero attached hydrogens (tertiary/aromatic N) is 3. The average Bonchev–Trinajstić information content (AvgIpc) is 3.30. The monoisotopic (exact) mass is 589 g/mol. The number of ether oxygens (including phenoxy) is 3. The van der Waals surface area contributed by atoms with E-state index < -0.39 is 17.9 Å². The molecule has 3 aromatic carbocycles. The standard InChI is InChI=1S/C32H29ClFN3O5/c33-21-5-6-24(25(34)15-21)29-18-41-28-3-1-2-23(31(28)42-29)19-8-11-36(12-9-19)17-30-35-26-7-4-20(32(38)39)14-27(26)37(30)16-22-10-13-40-22/h1-8,14-15,22,29H,9-13,16-18H2,(H,38,39). The van der Waals surface area contributed by atoms with Gasteiger partial charge in [0.25, 0.3) is 0 Å². The molecule has 1 saturated heterocycles. The van der Waals surface area contributed by atoms with Crippen LogP contribution >= 0.6 is 11.6 Å². The summed E-state index contributed by atoms with van der Waals surface area (Å²) in [6.45, 7) is 3.74. The summed E-state index contributed by atoms with van der Waals surface area (Å²) >= 11 is 5.95. The second kappa shape index (κ2) is 11.1. The summed E-state index contributed by atoms with van der Waals surface area (Å²) in [6, 6.07) is 15.5. The Morgan fingerprint density at radius 1 is 1.17 bits per heavy atom. The Labute approximate surface area is 246 Å². The van der Waals surface area contributed by atoms with Crippen LogP contribution in [0.1, 0.15) is 46.3 Å². The Balaban J connectivity index is 1.12. The van der Waals surface area contributed by atoms with Crippen LogP contribution in [0, 0.1) is 5.82 Å². The number of carboxylic acid groups (broad SMARTS) is 1. The van der Waals surface area contributed by atoms with Gasteiger partial charge >= 0.3 is 5.97 Å². The highest BCUT2D eigenvalue weighted by molar-refractivity contribution is 6.30. The summed E-state index contributed by atoms with van der Waals surface area (Å²) in [5, 5.41) is 9.86. The quantitative estimate of drug-likeness (QED) is 0.278. The van der Waals surface area contributed by atoms with Crippen molar-refractivity contribution in [2.75, 3.05) is 26.3 Å². The van der Waals surface area contributed by atoms with Crippen LogP contribution in [0.5, 0.6) is 11.5 Å². The number of carbonyl (C=O) groups is 1. The summed E-state index contributed by atoms with van der Waals surface area (Å²) < 4.78 is 34.8. The Kier molecular flexibility index (Phi) is 7.09. The molecule has 2 unspecified atom stereocenters. The van der Waals surface area contributed by atoms with Crippen molar-refractivity contribution < 1.29 is 28.5 Å². The molecule has 8 nitrogen and oxygen atoms in total. The van der Waals surface area contributed by atoms with Gasteiger partial charge in [-0.1, -0.05) is 35.9 Å². The predicted octanol–water partition coefficient (Wildman–Crippen LogP) is 6.12. The second-order valence-corrected chi connectivity index (χ2v) is 11.3. The highest BCUT2D eigenvalue weighted by atomic mass is 35.5. The zero-order valence-corrected chi connectivity index (χ0v) is 23.5. The molecule has 10 heteroatoms. The highest BCUT2D eigenvalue weighted by Gasteiger charge is 2.29. The van der Waals surface area contributed by atoms with E-state index in [4.69, 9.17) is 30.8 Å². The first-order valence-electron chi connectivity index (χ1n) is 14.1. The number of halogens is 2. The number of carboxylic acids is 1. The molecule has 1 aromatic heterocycles. The van der Waals surface area contributed by atoms with Crippen molar-refractivity contribution in [3.05, 3.63) is 94.0 Å². The molecule has 0 saturated carbocycles. The molecule has 0 bridgehead atoms. The maximum atomic E-state index is 14.7. The smallest absolute Gasteiger partial charge is 0.335 e. The van der Waals surface area contributed by atoms with E-state index in [1.54, 1.807) is 30.3 Å². The van der Waals surface area contributed by atoms with Crippen molar-refractivity contribution in [3.63, 3.8) is 0 Å². The van der Waals surface area contributed by atoms with Gasteiger partial charge < -0.3 is 23.9 Å². The maximum Gasteiger partial charge on any atom is 0.335 e. The van der Waals surface area contributed by atoms with Crippen LogP contribution in [0.3, 0.4) is 0 Å². The average molecular weight is 590 g/mol. The third kappa shape index (κ3) is 5.12. The van der Waals surface area contributed by atoms with Crippen molar-refractivity contribution in [3.8, 4) is 11.5 Å². The minimum absolute atomic E-state index is 0.110. The SMILES string of the molecule is O=C(O)c1ccc2nc(CN3CC=C(c4cccc5c4OC(c4ccc(Cl)cc4F)CO5)CC3)n(CC3CCO3)c2c1. The fraction of sp³-hybridized carbons (Fsp3) is 0.312. The van der Waals surface area contributed by atoms with E-state index >= 15 is 0 Å². The molecule has 42 heavy (non-hydrogen) atoms. The van der Waals surface area contributed by atoms with E-state index in [1.165, 1.54) is 6.07 Å². The molecule has 0 radical (unpaired) electrons. The first-order valence-corrected chi connectivity index (χ1v) is 14.4. The van der Waals surface area contributed by atoms with Gasteiger partial charge in [0.15, 0.2) is 17.6 Å². The Morgan fingerprint density at radius 2 is 2.05 bits per heavy atom. The molecular weight excluding hydrogens is 561 g/mol. The number of benzene rings is 3. The van der Waals surface area contributed by atoms with Crippen LogP contribution < -0.4 is 9.47 Å². The van der Waals surface area contributed by atoms with E-state index in [0.29, 0.717) is 41.7 Å². The second-order valence-electron chi connectivity index (χ2n) is 10.9. The van der Waals surface area contributed by atoms with Crippen molar-refractivity contribution >= 4 is 34.2 Å². The number of rotatable bonds is 7. The van der Waals surface area contributed by atoms with Gasteiger partial charge in [0.1, 0.15) is 18.2 Å². The molecule has 0 aliphatic carbocycles. The largest absolute Gasteiger partial charge is 0.485 e. The first-order chi connectivity index (χ1) is 20.4. The van der Waals surface area contributed by atoms with Crippen LogP contribution in [0.15, 0.2) is 60.7 Å². The summed E-state index contributed by atoms with van der Waals surface area (Å²) in [5.41, 5.74) is 4.34. The molecule has 2 atom stereocenters. The molecule has 1 N–H and O–H groups in total. The first kappa shape index (κ1) is 26.9.